The molecule has 0 aromatic carbocycles. The Labute approximate surface area is 226 Å². The van der Waals surface area contributed by atoms with Crippen molar-refractivity contribution in [1.82, 2.24) is 45.3 Å². The van der Waals surface area contributed by atoms with Crippen LogP contribution in [0.5, 0.6) is 0 Å². The summed E-state index contributed by atoms with van der Waals surface area (Å²) in [5, 5.41) is 19.2. The quantitative estimate of drug-likeness (QED) is 0.228. The summed E-state index contributed by atoms with van der Waals surface area (Å²) in [7, 11) is 2.11. The van der Waals surface area contributed by atoms with Gasteiger partial charge in [0.15, 0.2) is 5.65 Å². The van der Waals surface area contributed by atoms with Crippen molar-refractivity contribution in [3.8, 4) is 0 Å². The van der Waals surface area contributed by atoms with E-state index >= 15 is 0 Å². The largest absolute Gasteiger partial charge is 0.352 e. The summed E-state index contributed by atoms with van der Waals surface area (Å²) < 4.78 is 1.62. The van der Waals surface area contributed by atoms with Crippen molar-refractivity contribution < 1.29 is 14.4 Å². The lowest BCUT2D eigenvalue weighted by Crippen LogP contribution is -2.50. The van der Waals surface area contributed by atoms with Gasteiger partial charge in [-0.15, -0.1) is 0 Å². The Balaban J connectivity index is 1.10. The number of nitrogens with zero attached hydrogens (tertiary/aromatic N) is 6. The van der Waals surface area contributed by atoms with Crippen molar-refractivity contribution >= 4 is 41.5 Å². The highest BCUT2D eigenvalue weighted by Gasteiger charge is 2.28. The first-order valence-corrected chi connectivity index (χ1v) is 13.7. The first-order chi connectivity index (χ1) is 18.9. The van der Waals surface area contributed by atoms with Crippen LogP contribution >= 0.6 is 0 Å². The van der Waals surface area contributed by atoms with Crippen molar-refractivity contribution in [1.29, 1.82) is 0 Å². The second kappa shape index (κ2) is 10.8. The maximum Gasteiger partial charge on any atom is 0.326 e. The highest BCUT2D eigenvalue weighted by Crippen LogP contribution is 2.27. The van der Waals surface area contributed by atoms with Crippen molar-refractivity contribution in [2.24, 2.45) is 0 Å². The van der Waals surface area contributed by atoms with Crippen LogP contribution in [-0.2, 0) is 9.59 Å². The van der Waals surface area contributed by atoms with Crippen LogP contribution in [0.15, 0.2) is 11.9 Å². The zero-order chi connectivity index (χ0) is 26.9. The number of rotatable bonds is 8. The molecule has 39 heavy (non-hydrogen) atoms. The van der Waals surface area contributed by atoms with Gasteiger partial charge in [0.1, 0.15) is 5.70 Å². The molecule has 2 saturated heterocycles. The average Bonchev–Trinajstić information content (AvgIpc) is 3.54. The van der Waals surface area contributed by atoms with Crippen LogP contribution in [-0.4, -0.2) is 105 Å². The van der Waals surface area contributed by atoms with E-state index in [1.165, 1.54) is 0 Å². The maximum absolute atomic E-state index is 12.6. The van der Waals surface area contributed by atoms with Gasteiger partial charge in [0.05, 0.1) is 12.7 Å². The fourth-order valence-corrected chi connectivity index (χ4v) is 5.25. The summed E-state index contributed by atoms with van der Waals surface area (Å²) in [5.74, 6) is 0.679. The molecule has 0 radical (unpaired) electrons. The van der Waals surface area contributed by atoms with E-state index in [-0.39, 0.29) is 23.7 Å². The number of likely N-dealkylation sites (N-methyl/N-ethyl adjacent to an activating group) is 1. The monoisotopic (exact) mass is 537 g/mol. The number of nitrogens with one attached hydrogen (secondary N) is 5. The number of aromatic nitrogens is 4. The molecule has 2 aromatic heterocycles. The molecule has 4 fully saturated rings. The van der Waals surface area contributed by atoms with Gasteiger partial charge in [0.2, 0.25) is 17.8 Å². The van der Waals surface area contributed by atoms with Crippen LogP contribution in [0, 0.1) is 0 Å². The van der Waals surface area contributed by atoms with E-state index in [9.17, 15) is 14.4 Å². The van der Waals surface area contributed by atoms with Gasteiger partial charge < -0.3 is 26.2 Å². The second-order valence-corrected chi connectivity index (χ2v) is 10.9. The summed E-state index contributed by atoms with van der Waals surface area (Å²) in [6.45, 7) is 4.33. The van der Waals surface area contributed by atoms with Crippen LogP contribution in [0.3, 0.4) is 0 Å². The zero-order valence-electron chi connectivity index (χ0n) is 22.1. The van der Waals surface area contributed by atoms with E-state index in [1.54, 1.807) is 16.8 Å². The topological polar surface area (TPSA) is 161 Å². The predicted molar refractivity (Wildman–Crippen MR) is 144 cm³/mol. The van der Waals surface area contributed by atoms with Gasteiger partial charge in [0.25, 0.3) is 5.91 Å². The van der Waals surface area contributed by atoms with Crippen molar-refractivity contribution in [2.75, 3.05) is 50.4 Å². The molecule has 14 nitrogen and oxygen atoms in total. The van der Waals surface area contributed by atoms with Gasteiger partial charge in [-0.3, -0.25) is 19.8 Å². The Bertz CT molecular complexity index is 1290. The smallest absolute Gasteiger partial charge is 0.326 e. The number of hydrogen-bond donors (Lipinski definition) is 5. The molecule has 0 bridgehead atoms. The van der Waals surface area contributed by atoms with E-state index in [0.29, 0.717) is 35.7 Å². The standard InChI is InChI=1S/C25H35N11O3/c1-34-8-10-35(11-9-34)14-20(37)27-16-2-4-17(5-3-16)28-23-31-21-15(12-19-22(38)32-25(39)30-19)13-26-36(21)24(33-23)29-18-6-7-18/h12-13,16-18H,2-11,14H2,1H3,(H,27,37)(H2,28,29,31,33)(H2,30,32,38,39)/b19-12-/t16-,17-. The highest BCUT2D eigenvalue weighted by molar-refractivity contribution is 6.14. The number of anilines is 2. The van der Waals surface area contributed by atoms with E-state index in [4.69, 9.17) is 9.97 Å². The average molecular weight is 538 g/mol. The van der Waals surface area contributed by atoms with Crippen LogP contribution < -0.4 is 26.6 Å². The van der Waals surface area contributed by atoms with Crippen molar-refractivity contribution in [2.45, 2.75) is 56.7 Å². The number of amides is 4. The molecule has 0 spiro atoms. The summed E-state index contributed by atoms with van der Waals surface area (Å²) in [5.41, 5.74) is 1.27. The maximum atomic E-state index is 12.6. The molecule has 2 aromatic rings. The van der Waals surface area contributed by atoms with Crippen molar-refractivity contribution in [3.63, 3.8) is 0 Å². The minimum Gasteiger partial charge on any atom is -0.352 e. The van der Waals surface area contributed by atoms with E-state index in [0.717, 1.165) is 64.7 Å². The number of piperazine rings is 1. The summed E-state index contributed by atoms with van der Waals surface area (Å²) in [6, 6.07) is 0.157. The predicted octanol–water partition coefficient (Wildman–Crippen LogP) is -0.0344. The Morgan fingerprint density at radius 3 is 2.36 bits per heavy atom. The molecule has 4 amide bonds. The Morgan fingerprint density at radius 2 is 1.67 bits per heavy atom. The van der Waals surface area contributed by atoms with E-state index in [1.807, 2.05) is 0 Å². The molecule has 14 heteroatoms. The van der Waals surface area contributed by atoms with Gasteiger partial charge in [-0.1, -0.05) is 0 Å². The SMILES string of the molecule is CN1CCN(CC(=O)N[C@H]2CC[C@H](Nc3nc(NC4CC4)n4ncc(/C=C5\NC(=O)NC5=O)c4n3)CC2)CC1. The Kier molecular flexibility index (Phi) is 7.04. The van der Waals surface area contributed by atoms with E-state index < -0.39 is 11.9 Å². The summed E-state index contributed by atoms with van der Waals surface area (Å²) in [4.78, 5) is 50.1. The number of imide groups is 1. The lowest BCUT2D eigenvalue weighted by atomic mass is 9.91. The van der Waals surface area contributed by atoms with Gasteiger partial charge >= 0.3 is 6.03 Å². The Hall–Kier alpha value is -3.78. The van der Waals surface area contributed by atoms with Crippen molar-refractivity contribution in [3.05, 3.63) is 17.5 Å². The second-order valence-electron chi connectivity index (χ2n) is 10.9. The molecule has 4 aliphatic rings. The van der Waals surface area contributed by atoms with Crippen LogP contribution in [0.25, 0.3) is 11.7 Å². The van der Waals surface area contributed by atoms with Crippen LogP contribution in [0.4, 0.5) is 16.7 Å². The lowest BCUT2D eigenvalue weighted by molar-refractivity contribution is -0.123. The summed E-state index contributed by atoms with van der Waals surface area (Å²) in [6.07, 6.45) is 8.87. The fraction of sp³-hybridized carbons (Fsp3) is 0.600. The minimum absolute atomic E-state index is 0.107. The van der Waals surface area contributed by atoms with Crippen LogP contribution in [0.2, 0.25) is 0 Å². The molecule has 4 heterocycles. The molecule has 5 N–H and O–H groups in total. The van der Waals surface area contributed by atoms with Gasteiger partial charge in [-0.05, 0) is 51.6 Å². The van der Waals surface area contributed by atoms with E-state index in [2.05, 4.69) is 48.5 Å². The number of carbonyl (C=O) groups is 3. The fourth-order valence-electron chi connectivity index (χ4n) is 5.25. The normalized spacial score (nSPS) is 25.5. The first-order valence-electron chi connectivity index (χ1n) is 13.7. The van der Waals surface area contributed by atoms with Gasteiger partial charge in [-0.25, -0.2) is 4.79 Å². The number of urea groups is 1. The minimum atomic E-state index is -0.554. The first kappa shape index (κ1) is 25.5. The number of carbonyl (C=O) groups excluding carboxylic acids is 3. The highest BCUT2D eigenvalue weighted by atomic mass is 16.2. The molecule has 208 valence electrons. The molecule has 6 rings (SSSR count). The molecule has 0 unspecified atom stereocenters. The lowest BCUT2D eigenvalue weighted by Gasteiger charge is -2.33. The molecular formula is C25H35N11O3. The summed E-state index contributed by atoms with van der Waals surface area (Å²) >= 11 is 0. The number of fused-ring (bicyclic) bond motifs is 1. The third kappa shape index (κ3) is 6.11. The molecule has 2 aliphatic heterocycles. The molecule has 2 saturated carbocycles. The third-order valence-corrected chi connectivity index (χ3v) is 7.71. The van der Waals surface area contributed by atoms with Gasteiger partial charge in [0, 0.05) is 49.9 Å². The zero-order valence-corrected chi connectivity index (χ0v) is 22.1. The van der Waals surface area contributed by atoms with Crippen LogP contribution in [0.1, 0.15) is 44.1 Å². The number of hydrogen-bond acceptors (Lipinski definition) is 10. The molecule has 0 atom stereocenters. The van der Waals surface area contributed by atoms with Gasteiger partial charge in [-0.2, -0.15) is 19.6 Å². The molecular weight excluding hydrogens is 502 g/mol. The Morgan fingerprint density at radius 1 is 0.974 bits per heavy atom. The molecule has 2 aliphatic carbocycles. The third-order valence-electron chi connectivity index (χ3n) is 7.71.